The van der Waals surface area contributed by atoms with Crippen molar-refractivity contribution in [2.24, 2.45) is 0 Å². The Balaban J connectivity index is 1.38. The van der Waals surface area contributed by atoms with E-state index in [9.17, 15) is 0 Å². The van der Waals surface area contributed by atoms with Crippen LogP contribution in [0.4, 0.5) is 17.1 Å². The number of fused-ring (bicyclic) bond motifs is 8. The van der Waals surface area contributed by atoms with Gasteiger partial charge in [-0.2, -0.15) is 0 Å². The number of anilines is 3. The molecule has 0 saturated carbocycles. The van der Waals surface area contributed by atoms with Crippen LogP contribution in [0.2, 0.25) is 0 Å². The van der Waals surface area contributed by atoms with E-state index in [0.29, 0.717) is 0 Å². The lowest BCUT2D eigenvalue weighted by Crippen LogP contribution is -2.18. The lowest BCUT2D eigenvalue weighted by Gasteiger charge is -2.33. The minimum absolute atomic E-state index is 0.939. The van der Waals surface area contributed by atoms with Crippen LogP contribution in [0.3, 0.4) is 0 Å². The van der Waals surface area contributed by atoms with E-state index in [2.05, 4.69) is 193 Å². The average molecular weight is 636 g/mol. The highest BCUT2D eigenvalue weighted by atomic mass is 15.2. The molecular formula is C49H33N. The summed E-state index contributed by atoms with van der Waals surface area (Å²) in [5, 5.41) is 7.62. The Labute approximate surface area is 292 Å². The van der Waals surface area contributed by atoms with Crippen molar-refractivity contribution in [1.82, 2.24) is 0 Å². The number of benzene rings is 9. The van der Waals surface area contributed by atoms with Crippen LogP contribution < -0.4 is 4.90 Å². The van der Waals surface area contributed by atoms with Gasteiger partial charge in [0.15, 0.2) is 0 Å². The summed E-state index contributed by atoms with van der Waals surface area (Å²) in [7, 11) is 0. The second-order valence-corrected chi connectivity index (χ2v) is 13.2. The molecule has 0 bridgehead atoms. The van der Waals surface area contributed by atoms with Crippen LogP contribution >= 0.6 is 0 Å². The predicted molar refractivity (Wildman–Crippen MR) is 213 cm³/mol. The Morgan fingerprint density at radius 1 is 0.340 bits per heavy atom. The van der Waals surface area contributed by atoms with Gasteiger partial charge in [-0.05, 0) is 107 Å². The van der Waals surface area contributed by atoms with Crippen LogP contribution in [-0.4, -0.2) is 0 Å². The van der Waals surface area contributed by atoms with Crippen molar-refractivity contribution < 1.29 is 0 Å². The van der Waals surface area contributed by atoms with Crippen molar-refractivity contribution in [2.75, 3.05) is 4.90 Å². The number of hydrogen-bond acceptors (Lipinski definition) is 1. The monoisotopic (exact) mass is 635 g/mol. The summed E-state index contributed by atoms with van der Waals surface area (Å²) in [6.07, 6.45) is 0.939. The quantitative estimate of drug-likeness (QED) is 0.174. The third-order valence-corrected chi connectivity index (χ3v) is 10.4. The van der Waals surface area contributed by atoms with Gasteiger partial charge in [0, 0.05) is 23.5 Å². The van der Waals surface area contributed by atoms with Crippen molar-refractivity contribution in [2.45, 2.75) is 6.42 Å². The van der Waals surface area contributed by atoms with Crippen molar-refractivity contribution >= 4 is 49.4 Å². The maximum Gasteiger partial charge on any atom is 0.0497 e. The second kappa shape index (κ2) is 11.6. The summed E-state index contributed by atoms with van der Waals surface area (Å²) in [4.78, 5) is 2.46. The summed E-state index contributed by atoms with van der Waals surface area (Å²) in [6, 6.07) is 69.0. The zero-order valence-electron chi connectivity index (χ0n) is 27.6. The third kappa shape index (κ3) is 4.48. The summed E-state index contributed by atoms with van der Waals surface area (Å²) in [6.45, 7) is 0. The Hall–Kier alpha value is -6.44. The molecule has 50 heavy (non-hydrogen) atoms. The molecule has 0 unspecified atom stereocenters. The molecule has 1 aliphatic heterocycles. The SMILES string of the molecule is c1ccc(-c2cc(-c3ccccc3)c3c4ccccc4c4cc(N5c6ccccc6Cc6ccccc65)ccc4c3c2-c2ccccc2)cc1. The van der Waals surface area contributed by atoms with Gasteiger partial charge in [-0.25, -0.2) is 0 Å². The highest BCUT2D eigenvalue weighted by Gasteiger charge is 2.26. The summed E-state index contributed by atoms with van der Waals surface area (Å²) >= 11 is 0. The largest absolute Gasteiger partial charge is 0.310 e. The Bertz CT molecular complexity index is 2670. The van der Waals surface area contributed by atoms with Crippen LogP contribution in [0, 0.1) is 0 Å². The van der Waals surface area contributed by atoms with Crippen molar-refractivity contribution in [3.8, 4) is 33.4 Å². The van der Waals surface area contributed by atoms with Gasteiger partial charge in [0.05, 0.1) is 0 Å². The summed E-state index contributed by atoms with van der Waals surface area (Å²) in [5.41, 5.74) is 13.8. The molecule has 1 heteroatoms. The highest BCUT2D eigenvalue weighted by molar-refractivity contribution is 6.33. The zero-order chi connectivity index (χ0) is 33.0. The normalized spacial score (nSPS) is 12.3. The first-order valence-corrected chi connectivity index (χ1v) is 17.4. The van der Waals surface area contributed by atoms with Crippen LogP contribution in [-0.2, 0) is 6.42 Å². The topological polar surface area (TPSA) is 3.24 Å². The molecule has 0 atom stereocenters. The fourth-order valence-corrected chi connectivity index (χ4v) is 8.25. The van der Waals surface area contributed by atoms with E-state index in [4.69, 9.17) is 0 Å². The van der Waals surface area contributed by atoms with E-state index >= 15 is 0 Å². The molecule has 1 nitrogen and oxygen atoms in total. The van der Waals surface area contributed by atoms with E-state index < -0.39 is 0 Å². The van der Waals surface area contributed by atoms with Gasteiger partial charge in [0.2, 0.25) is 0 Å². The van der Waals surface area contributed by atoms with Crippen molar-refractivity contribution in [3.63, 3.8) is 0 Å². The van der Waals surface area contributed by atoms with Gasteiger partial charge in [0.1, 0.15) is 0 Å². The molecule has 0 radical (unpaired) electrons. The molecule has 0 aromatic heterocycles. The van der Waals surface area contributed by atoms with Crippen LogP contribution in [0.1, 0.15) is 11.1 Å². The third-order valence-electron chi connectivity index (χ3n) is 10.4. The first-order valence-electron chi connectivity index (χ1n) is 17.4. The molecule has 0 N–H and O–H groups in total. The molecule has 0 aliphatic carbocycles. The molecule has 234 valence electrons. The van der Waals surface area contributed by atoms with E-state index in [0.717, 1.165) is 6.42 Å². The number of rotatable bonds is 4. The molecule has 9 aromatic carbocycles. The summed E-state index contributed by atoms with van der Waals surface area (Å²) < 4.78 is 0. The van der Waals surface area contributed by atoms with Crippen molar-refractivity contribution in [3.05, 3.63) is 199 Å². The highest BCUT2D eigenvalue weighted by Crippen LogP contribution is 2.51. The van der Waals surface area contributed by atoms with Gasteiger partial charge < -0.3 is 4.90 Å². The maximum atomic E-state index is 2.46. The number of para-hydroxylation sites is 2. The molecule has 1 heterocycles. The summed E-state index contributed by atoms with van der Waals surface area (Å²) in [5.74, 6) is 0. The van der Waals surface area contributed by atoms with Gasteiger partial charge >= 0.3 is 0 Å². The van der Waals surface area contributed by atoms with Gasteiger partial charge in [-0.1, -0.05) is 158 Å². The molecular weight excluding hydrogens is 603 g/mol. The van der Waals surface area contributed by atoms with Gasteiger partial charge in [0.25, 0.3) is 0 Å². The fraction of sp³-hybridized carbons (Fsp3) is 0.0204. The maximum absolute atomic E-state index is 2.46. The van der Waals surface area contributed by atoms with Crippen LogP contribution in [0.15, 0.2) is 188 Å². The van der Waals surface area contributed by atoms with E-state index in [-0.39, 0.29) is 0 Å². The Morgan fingerprint density at radius 2 is 0.840 bits per heavy atom. The molecule has 0 fully saturated rings. The van der Waals surface area contributed by atoms with E-state index in [1.165, 1.54) is 93.9 Å². The number of hydrogen-bond donors (Lipinski definition) is 0. The Morgan fingerprint density at radius 3 is 1.48 bits per heavy atom. The molecule has 0 amide bonds. The van der Waals surface area contributed by atoms with Crippen LogP contribution in [0.25, 0.3) is 65.7 Å². The van der Waals surface area contributed by atoms with Gasteiger partial charge in [-0.3, -0.25) is 0 Å². The van der Waals surface area contributed by atoms with E-state index in [1.54, 1.807) is 0 Å². The predicted octanol–water partition coefficient (Wildman–Crippen LogP) is 13.5. The lowest BCUT2D eigenvalue weighted by molar-refractivity contribution is 1.09. The zero-order valence-corrected chi connectivity index (χ0v) is 27.6. The first-order chi connectivity index (χ1) is 24.8. The van der Waals surface area contributed by atoms with Crippen LogP contribution in [0.5, 0.6) is 0 Å². The fourth-order valence-electron chi connectivity index (χ4n) is 8.25. The molecule has 0 spiro atoms. The first kappa shape index (κ1) is 28.6. The van der Waals surface area contributed by atoms with Gasteiger partial charge in [-0.15, -0.1) is 0 Å². The minimum atomic E-state index is 0.939. The lowest BCUT2D eigenvalue weighted by atomic mass is 9.81. The molecule has 10 rings (SSSR count). The minimum Gasteiger partial charge on any atom is -0.310 e. The van der Waals surface area contributed by atoms with E-state index in [1.807, 2.05) is 0 Å². The standard InChI is InChI=1S/C49H33N/c1-4-16-33(17-5-1)42-32-43(34-18-6-2-7-19-34)48-40-25-13-12-24-39(40)44-31-38(28-29-41(44)49(48)47(42)35-20-8-3-9-21-35)50-45-26-14-10-22-36(45)30-37-23-11-15-27-46(37)50/h1-29,31-32H,30H2. The second-order valence-electron chi connectivity index (χ2n) is 13.2. The average Bonchev–Trinajstić information content (AvgIpc) is 3.20. The smallest absolute Gasteiger partial charge is 0.0497 e. The molecule has 9 aromatic rings. The molecule has 1 aliphatic rings. The number of nitrogens with zero attached hydrogens (tertiary/aromatic N) is 1. The molecule has 0 saturated heterocycles. The Kier molecular flexibility index (Phi) is 6.63. The van der Waals surface area contributed by atoms with Crippen molar-refractivity contribution in [1.29, 1.82) is 0 Å².